The number of anilines is 1. The molecule has 3 nitrogen and oxygen atoms in total. The molecule has 1 amide bonds. The van der Waals surface area contributed by atoms with Crippen LogP contribution >= 0.6 is 0 Å². The lowest BCUT2D eigenvalue weighted by atomic mass is 10.1. The molecule has 0 heterocycles. The molecule has 0 fully saturated rings. The van der Waals surface area contributed by atoms with Crippen molar-refractivity contribution in [3.05, 3.63) is 64.7 Å². The lowest BCUT2D eigenvalue weighted by Gasteiger charge is -2.11. The van der Waals surface area contributed by atoms with Crippen LogP contribution in [0.15, 0.2) is 36.4 Å². The van der Waals surface area contributed by atoms with Crippen molar-refractivity contribution in [2.45, 2.75) is 13.5 Å². The van der Waals surface area contributed by atoms with Crippen LogP contribution < -0.4 is 10.6 Å². The highest BCUT2D eigenvalue weighted by molar-refractivity contribution is 5.99. The topological polar surface area (TPSA) is 41.1 Å². The van der Waals surface area contributed by atoms with Gasteiger partial charge >= 0.3 is 0 Å². The first-order valence-electron chi connectivity index (χ1n) is 6.52. The van der Waals surface area contributed by atoms with Crippen LogP contribution in [0.25, 0.3) is 0 Å². The van der Waals surface area contributed by atoms with Crippen molar-refractivity contribution in [3.8, 4) is 0 Å². The molecule has 0 aliphatic rings. The molecular weight excluding hydrogens is 274 g/mol. The van der Waals surface area contributed by atoms with E-state index < -0.39 is 11.6 Å². The van der Waals surface area contributed by atoms with E-state index in [1.165, 1.54) is 6.07 Å². The SMILES string of the molecule is CNc1cc(C)ccc1C(=O)NCc1ccc(F)cc1F. The molecule has 0 aliphatic carbocycles. The van der Waals surface area contributed by atoms with Gasteiger partial charge in [0.15, 0.2) is 0 Å². The molecule has 0 saturated carbocycles. The van der Waals surface area contributed by atoms with Gasteiger partial charge in [0.25, 0.3) is 5.91 Å². The van der Waals surface area contributed by atoms with E-state index in [4.69, 9.17) is 0 Å². The Labute approximate surface area is 122 Å². The van der Waals surface area contributed by atoms with Crippen LogP contribution in [0.3, 0.4) is 0 Å². The smallest absolute Gasteiger partial charge is 0.253 e. The minimum Gasteiger partial charge on any atom is -0.387 e. The van der Waals surface area contributed by atoms with Gasteiger partial charge in [-0.2, -0.15) is 0 Å². The van der Waals surface area contributed by atoms with Crippen molar-refractivity contribution in [2.75, 3.05) is 12.4 Å². The van der Waals surface area contributed by atoms with E-state index in [0.29, 0.717) is 11.3 Å². The van der Waals surface area contributed by atoms with Crippen LogP contribution in [0.2, 0.25) is 0 Å². The number of benzene rings is 2. The van der Waals surface area contributed by atoms with Crippen molar-refractivity contribution in [1.29, 1.82) is 0 Å². The summed E-state index contributed by atoms with van der Waals surface area (Å²) in [6, 6.07) is 8.67. The Morgan fingerprint density at radius 3 is 2.57 bits per heavy atom. The Morgan fingerprint density at radius 1 is 1.14 bits per heavy atom. The molecule has 2 rings (SSSR count). The fourth-order valence-corrected chi connectivity index (χ4v) is 2.00. The van der Waals surface area contributed by atoms with Gasteiger partial charge in [-0.1, -0.05) is 12.1 Å². The van der Waals surface area contributed by atoms with Gasteiger partial charge in [0.2, 0.25) is 0 Å². The van der Waals surface area contributed by atoms with Crippen molar-refractivity contribution in [3.63, 3.8) is 0 Å². The zero-order valence-corrected chi connectivity index (χ0v) is 11.8. The number of carbonyl (C=O) groups is 1. The number of amides is 1. The van der Waals surface area contributed by atoms with Gasteiger partial charge in [-0.3, -0.25) is 4.79 Å². The van der Waals surface area contributed by atoms with Gasteiger partial charge < -0.3 is 10.6 Å². The second-order valence-electron chi connectivity index (χ2n) is 4.72. The summed E-state index contributed by atoms with van der Waals surface area (Å²) in [7, 11) is 1.73. The fraction of sp³-hybridized carbons (Fsp3) is 0.188. The Hall–Kier alpha value is -2.43. The molecule has 2 aromatic rings. The molecule has 5 heteroatoms. The molecule has 2 aromatic carbocycles. The third kappa shape index (κ3) is 3.56. The third-order valence-electron chi connectivity index (χ3n) is 3.14. The lowest BCUT2D eigenvalue weighted by molar-refractivity contribution is 0.0951. The Morgan fingerprint density at radius 2 is 1.90 bits per heavy atom. The molecular formula is C16H16F2N2O. The van der Waals surface area contributed by atoms with E-state index in [0.717, 1.165) is 17.7 Å². The molecule has 0 aliphatic heterocycles. The highest BCUT2D eigenvalue weighted by Crippen LogP contribution is 2.17. The molecule has 0 atom stereocenters. The number of hydrogen-bond acceptors (Lipinski definition) is 2. The number of aryl methyl sites for hydroxylation is 1. The van der Waals surface area contributed by atoms with E-state index in [2.05, 4.69) is 10.6 Å². The summed E-state index contributed by atoms with van der Waals surface area (Å²) in [6.07, 6.45) is 0. The maximum absolute atomic E-state index is 13.5. The van der Waals surface area contributed by atoms with E-state index in [9.17, 15) is 13.6 Å². The molecule has 0 bridgehead atoms. The van der Waals surface area contributed by atoms with Gasteiger partial charge in [0.05, 0.1) is 5.56 Å². The predicted molar refractivity (Wildman–Crippen MR) is 78.3 cm³/mol. The summed E-state index contributed by atoms with van der Waals surface area (Å²) >= 11 is 0. The monoisotopic (exact) mass is 290 g/mol. The highest BCUT2D eigenvalue weighted by Gasteiger charge is 2.11. The van der Waals surface area contributed by atoms with Gasteiger partial charge in [-0.05, 0) is 30.7 Å². The minimum atomic E-state index is -0.673. The lowest BCUT2D eigenvalue weighted by Crippen LogP contribution is -2.24. The number of halogens is 2. The van der Waals surface area contributed by atoms with Crippen LogP contribution in [0, 0.1) is 18.6 Å². The maximum atomic E-state index is 13.5. The number of hydrogen-bond donors (Lipinski definition) is 2. The summed E-state index contributed by atoms with van der Waals surface area (Å²) in [5, 5.41) is 5.58. The molecule has 0 spiro atoms. The van der Waals surface area contributed by atoms with Crippen LogP contribution in [0.5, 0.6) is 0 Å². The molecule has 110 valence electrons. The molecule has 0 radical (unpaired) electrons. The van der Waals surface area contributed by atoms with E-state index in [-0.39, 0.29) is 18.0 Å². The van der Waals surface area contributed by atoms with E-state index in [1.807, 2.05) is 19.1 Å². The Kier molecular flexibility index (Phi) is 4.52. The largest absolute Gasteiger partial charge is 0.387 e. The minimum absolute atomic E-state index is 0.00196. The van der Waals surface area contributed by atoms with E-state index >= 15 is 0 Å². The van der Waals surface area contributed by atoms with Crippen LogP contribution in [-0.2, 0) is 6.54 Å². The van der Waals surface area contributed by atoms with Crippen molar-refractivity contribution in [2.24, 2.45) is 0 Å². The van der Waals surface area contributed by atoms with Gasteiger partial charge in [-0.15, -0.1) is 0 Å². The Balaban J connectivity index is 2.11. The zero-order chi connectivity index (χ0) is 15.4. The van der Waals surface area contributed by atoms with Crippen LogP contribution in [0.1, 0.15) is 21.5 Å². The first-order chi connectivity index (χ1) is 10.0. The summed E-state index contributed by atoms with van der Waals surface area (Å²) in [5.41, 5.74) is 2.45. The average molecular weight is 290 g/mol. The first-order valence-corrected chi connectivity index (χ1v) is 6.52. The average Bonchev–Trinajstić information content (AvgIpc) is 2.45. The second kappa shape index (κ2) is 6.35. The molecule has 0 saturated heterocycles. The van der Waals surface area contributed by atoms with Crippen molar-refractivity contribution >= 4 is 11.6 Å². The second-order valence-corrected chi connectivity index (χ2v) is 4.72. The standard InChI is InChI=1S/C16H16F2N2O/c1-10-3-6-13(15(7-10)19-2)16(21)20-9-11-4-5-12(17)8-14(11)18/h3-8,19H,9H2,1-2H3,(H,20,21). The molecule has 0 unspecified atom stereocenters. The van der Waals surface area contributed by atoms with Gasteiger partial charge in [0, 0.05) is 30.9 Å². The molecule has 21 heavy (non-hydrogen) atoms. The maximum Gasteiger partial charge on any atom is 0.253 e. The predicted octanol–water partition coefficient (Wildman–Crippen LogP) is 3.24. The molecule has 0 aromatic heterocycles. The first kappa shape index (κ1) is 15.0. The summed E-state index contributed by atoms with van der Waals surface area (Å²) in [5.74, 6) is -1.63. The fourth-order valence-electron chi connectivity index (χ4n) is 2.00. The Bertz CT molecular complexity index is 671. The number of carbonyl (C=O) groups excluding carboxylic acids is 1. The highest BCUT2D eigenvalue weighted by atomic mass is 19.1. The number of rotatable bonds is 4. The van der Waals surface area contributed by atoms with Crippen molar-refractivity contribution in [1.82, 2.24) is 5.32 Å². The van der Waals surface area contributed by atoms with Crippen molar-refractivity contribution < 1.29 is 13.6 Å². The van der Waals surface area contributed by atoms with Crippen LogP contribution in [0.4, 0.5) is 14.5 Å². The zero-order valence-electron chi connectivity index (χ0n) is 11.8. The van der Waals surface area contributed by atoms with Gasteiger partial charge in [0.1, 0.15) is 11.6 Å². The normalized spacial score (nSPS) is 10.3. The summed E-state index contributed by atoms with van der Waals surface area (Å²) in [4.78, 5) is 12.1. The quantitative estimate of drug-likeness (QED) is 0.907. The van der Waals surface area contributed by atoms with Gasteiger partial charge in [-0.25, -0.2) is 8.78 Å². The number of nitrogens with one attached hydrogen (secondary N) is 2. The summed E-state index contributed by atoms with van der Waals surface area (Å²) < 4.78 is 26.3. The van der Waals surface area contributed by atoms with E-state index in [1.54, 1.807) is 13.1 Å². The molecule has 2 N–H and O–H groups in total. The summed E-state index contributed by atoms with van der Waals surface area (Å²) in [6.45, 7) is 1.93. The third-order valence-corrected chi connectivity index (χ3v) is 3.14. The van der Waals surface area contributed by atoms with Crippen LogP contribution in [-0.4, -0.2) is 13.0 Å².